The van der Waals surface area contributed by atoms with Crippen molar-refractivity contribution in [3.63, 3.8) is 0 Å². The fraction of sp³-hybridized carbons (Fsp3) is 0.500. The van der Waals surface area contributed by atoms with Crippen LogP contribution in [0.1, 0.15) is 55.8 Å². The van der Waals surface area contributed by atoms with Gasteiger partial charge in [0.25, 0.3) is 11.8 Å². The Morgan fingerprint density at radius 3 is 2.63 bits per heavy atom. The molecule has 3 N–H and O–H groups in total. The lowest BCUT2D eigenvalue weighted by Gasteiger charge is -2.46. The Morgan fingerprint density at radius 2 is 1.97 bits per heavy atom. The number of nitrogens with two attached hydrogens (primary N) is 1. The van der Waals surface area contributed by atoms with Crippen LogP contribution < -0.4 is 11.1 Å². The summed E-state index contributed by atoms with van der Waals surface area (Å²) in [4.78, 5) is 65.7. The van der Waals surface area contributed by atoms with E-state index in [4.69, 9.17) is 11.3 Å². The molecule has 2 aliphatic heterocycles. The van der Waals surface area contributed by atoms with Gasteiger partial charge in [-0.2, -0.15) is 4.79 Å². The van der Waals surface area contributed by atoms with Crippen LogP contribution in [-0.4, -0.2) is 69.1 Å². The minimum Gasteiger partial charge on any atom is -0.368 e. The molecule has 0 saturated carbocycles. The zero-order valence-electron chi connectivity index (χ0n) is 19.6. The number of Topliss-reactive ketones (excluding diaryl/α,β-unsaturated/α-hetero) is 1. The van der Waals surface area contributed by atoms with Crippen LogP contribution in [0.5, 0.6) is 0 Å². The average Bonchev–Trinajstić information content (AvgIpc) is 2.95. The molecule has 4 atom stereocenters. The highest BCUT2D eigenvalue weighted by Gasteiger charge is 2.46. The minimum atomic E-state index is -1.02. The zero-order valence-corrected chi connectivity index (χ0v) is 19.6. The average molecular weight is 483 g/mol. The summed E-state index contributed by atoms with van der Waals surface area (Å²) in [5.41, 5.74) is 14.5. The van der Waals surface area contributed by atoms with Crippen LogP contribution in [0.2, 0.25) is 0 Å². The molecule has 35 heavy (non-hydrogen) atoms. The summed E-state index contributed by atoms with van der Waals surface area (Å²) in [6, 6.07) is 6.45. The molecule has 0 spiro atoms. The maximum absolute atomic E-state index is 13.4. The Balaban J connectivity index is 1.73. The van der Waals surface area contributed by atoms with Gasteiger partial charge in [0.1, 0.15) is 12.1 Å². The first-order valence-corrected chi connectivity index (χ1v) is 11.7. The molecule has 2 saturated heterocycles. The number of amides is 4. The Hall–Kier alpha value is -3.85. The molecule has 0 aromatic heterocycles. The van der Waals surface area contributed by atoms with Gasteiger partial charge in [0.05, 0.1) is 0 Å². The fourth-order valence-electron chi connectivity index (χ4n) is 4.74. The summed E-state index contributed by atoms with van der Waals surface area (Å²) in [6.07, 6.45) is 2.67. The molecule has 0 aliphatic carbocycles. The molecule has 186 valence electrons. The van der Waals surface area contributed by atoms with Gasteiger partial charge in [-0.25, -0.2) is 5.01 Å². The molecule has 11 nitrogen and oxygen atoms in total. The molecule has 1 aromatic rings. The Labute approximate surface area is 203 Å². The molecule has 1 aromatic carbocycles. The topological polar surface area (TPSA) is 166 Å². The predicted octanol–water partition coefficient (Wildman–Crippen LogP) is 0.701. The summed E-state index contributed by atoms with van der Waals surface area (Å²) in [7, 11) is 0. The molecular formula is C24H30N6O5. The SMILES string of the molecule is CC(CCC(=O)C=[N+]=[N-])CC1C[C@@H](C(N)=O)N2C(=O)[C@@H](NC(=O)c3ccccc3)CCC(=O)N2C1. The van der Waals surface area contributed by atoms with Gasteiger partial charge in [-0.15, -0.1) is 0 Å². The normalized spacial score (nSPS) is 22.9. The minimum absolute atomic E-state index is 0.0325. The van der Waals surface area contributed by atoms with Crippen LogP contribution >= 0.6 is 0 Å². The van der Waals surface area contributed by atoms with E-state index in [1.54, 1.807) is 30.3 Å². The molecule has 0 radical (unpaired) electrons. The Morgan fingerprint density at radius 1 is 1.26 bits per heavy atom. The summed E-state index contributed by atoms with van der Waals surface area (Å²) >= 11 is 0. The lowest BCUT2D eigenvalue weighted by Crippen LogP contribution is -2.65. The van der Waals surface area contributed by atoms with E-state index in [0.29, 0.717) is 18.4 Å². The van der Waals surface area contributed by atoms with Crippen LogP contribution in [0.4, 0.5) is 0 Å². The maximum Gasteiger partial charge on any atom is 0.323 e. The van der Waals surface area contributed by atoms with Crippen molar-refractivity contribution < 1.29 is 28.8 Å². The molecular weight excluding hydrogens is 452 g/mol. The highest BCUT2D eigenvalue weighted by atomic mass is 16.2. The van der Waals surface area contributed by atoms with Crippen molar-refractivity contribution in [2.24, 2.45) is 17.6 Å². The number of carbonyl (C=O) groups excluding carboxylic acids is 5. The largest absolute Gasteiger partial charge is 0.368 e. The second kappa shape index (κ2) is 11.5. The van der Waals surface area contributed by atoms with Gasteiger partial charge >= 0.3 is 6.21 Å². The summed E-state index contributed by atoms with van der Waals surface area (Å²) in [6.45, 7) is 2.20. The van der Waals surface area contributed by atoms with E-state index in [2.05, 4.69) is 10.1 Å². The molecule has 2 unspecified atom stereocenters. The number of hydrogen-bond donors (Lipinski definition) is 2. The van der Waals surface area contributed by atoms with Crippen LogP contribution in [0.15, 0.2) is 30.3 Å². The van der Waals surface area contributed by atoms with Gasteiger partial charge in [-0.3, -0.25) is 29.0 Å². The number of hydrazine groups is 1. The van der Waals surface area contributed by atoms with Crippen molar-refractivity contribution in [3.8, 4) is 0 Å². The van der Waals surface area contributed by atoms with Gasteiger partial charge in [0, 0.05) is 24.9 Å². The number of nitrogens with zero attached hydrogens (tertiary/aromatic N) is 4. The monoisotopic (exact) mass is 482 g/mol. The third kappa shape index (κ3) is 6.39. The molecule has 11 heteroatoms. The second-order valence-corrected chi connectivity index (χ2v) is 9.20. The first kappa shape index (κ1) is 25.8. The van der Waals surface area contributed by atoms with Crippen molar-refractivity contribution in [1.29, 1.82) is 0 Å². The van der Waals surface area contributed by atoms with Crippen LogP contribution in [0, 0.1) is 11.8 Å². The van der Waals surface area contributed by atoms with Gasteiger partial charge in [-0.05, 0) is 49.7 Å². The summed E-state index contributed by atoms with van der Waals surface area (Å²) < 4.78 is 0. The van der Waals surface area contributed by atoms with E-state index >= 15 is 0 Å². The van der Waals surface area contributed by atoms with E-state index in [1.165, 1.54) is 5.01 Å². The highest BCUT2D eigenvalue weighted by Crippen LogP contribution is 2.32. The predicted molar refractivity (Wildman–Crippen MR) is 124 cm³/mol. The molecule has 4 amide bonds. The van der Waals surface area contributed by atoms with Gasteiger partial charge in [-0.1, -0.05) is 25.1 Å². The van der Waals surface area contributed by atoms with E-state index in [0.717, 1.165) is 11.2 Å². The lowest BCUT2D eigenvalue weighted by molar-refractivity contribution is -0.179. The third-order valence-electron chi connectivity index (χ3n) is 6.49. The quantitative estimate of drug-likeness (QED) is 0.300. The van der Waals surface area contributed by atoms with E-state index in [9.17, 15) is 24.0 Å². The van der Waals surface area contributed by atoms with Gasteiger partial charge < -0.3 is 16.6 Å². The van der Waals surface area contributed by atoms with Gasteiger partial charge in [0.2, 0.25) is 17.6 Å². The lowest BCUT2D eigenvalue weighted by atomic mass is 9.85. The number of ketones is 1. The number of fused-ring (bicyclic) bond motifs is 1. The fourth-order valence-corrected chi connectivity index (χ4v) is 4.74. The third-order valence-corrected chi connectivity index (χ3v) is 6.49. The van der Waals surface area contributed by atoms with Crippen LogP contribution in [0.3, 0.4) is 0 Å². The molecule has 3 rings (SSSR count). The number of nitrogens with one attached hydrogen (secondary N) is 1. The number of primary amides is 1. The van der Waals surface area contributed by atoms with Crippen molar-refractivity contribution in [1.82, 2.24) is 15.3 Å². The summed E-state index contributed by atoms with van der Waals surface area (Å²) in [5, 5.41) is 5.13. The number of benzene rings is 1. The number of carbonyl (C=O) groups is 5. The van der Waals surface area contributed by atoms with Crippen molar-refractivity contribution in [2.75, 3.05) is 6.54 Å². The highest BCUT2D eigenvalue weighted by molar-refractivity contribution is 6.25. The van der Waals surface area contributed by atoms with E-state index in [-0.39, 0.29) is 55.8 Å². The summed E-state index contributed by atoms with van der Waals surface area (Å²) in [5.74, 6) is -2.32. The molecule has 0 bridgehead atoms. The van der Waals surface area contributed by atoms with Crippen molar-refractivity contribution >= 4 is 35.6 Å². The maximum atomic E-state index is 13.4. The first-order valence-electron chi connectivity index (χ1n) is 11.7. The number of rotatable bonds is 9. The molecule has 2 aliphatic rings. The Kier molecular flexibility index (Phi) is 8.48. The zero-order chi connectivity index (χ0) is 25.5. The molecule has 2 fully saturated rings. The molecule has 2 heterocycles. The van der Waals surface area contributed by atoms with Crippen molar-refractivity contribution in [2.45, 2.75) is 57.5 Å². The Bertz CT molecular complexity index is 1040. The van der Waals surface area contributed by atoms with E-state index < -0.39 is 29.8 Å². The van der Waals surface area contributed by atoms with Gasteiger partial charge in [0.15, 0.2) is 0 Å². The number of hydrogen-bond acceptors (Lipinski definition) is 5. The smallest absolute Gasteiger partial charge is 0.323 e. The van der Waals surface area contributed by atoms with Crippen LogP contribution in [0.25, 0.3) is 5.53 Å². The standard InChI is InChI=1S/C24H30N6O5/c1-15(7-8-18(31)13-27-26)11-16-12-20(22(25)33)30-24(35)19(9-10-21(32)29(30)14-16)28-23(34)17-5-3-2-4-6-17/h2-6,13,15-16,19-20H,7-12,14H2,1H3,(H2,25,33)(H,28,34)/t15?,16?,19-,20-/m0/s1. The second-order valence-electron chi connectivity index (χ2n) is 9.20. The first-order chi connectivity index (χ1) is 16.7. The van der Waals surface area contributed by atoms with Crippen molar-refractivity contribution in [3.05, 3.63) is 41.4 Å². The van der Waals surface area contributed by atoms with Crippen LogP contribution in [-0.2, 0) is 19.2 Å². The van der Waals surface area contributed by atoms with E-state index in [1.807, 2.05) is 6.92 Å².